The summed E-state index contributed by atoms with van der Waals surface area (Å²) in [6.45, 7) is -2.89. The number of hydrogen-bond acceptors (Lipinski definition) is 2. The maximum atomic E-state index is 12.7. The summed E-state index contributed by atoms with van der Waals surface area (Å²) in [6, 6.07) is 21.7. The zero-order chi connectivity index (χ0) is 19.2. The van der Waals surface area contributed by atoms with Crippen molar-refractivity contribution < 1.29 is 18.3 Å². The molecule has 0 spiro atoms. The maximum absolute atomic E-state index is 12.7. The number of benzene rings is 3. The second kappa shape index (κ2) is 8.64. The minimum atomic E-state index is -2.89. The average molecular weight is 388 g/mol. The highest BCUT2D eigenvalue weighted by Crippen LogP contribution is 2.25. The van der Waals surface area contributed by atoms with Crippen molar-refractivity contribution in [3.05, 3.63) is 101 Å². The number of rotatable bonds is 6. The van der Waals surface area contributed by atoms with Gasteiger partial charge in [0.15, 0.2) is 0 Å². The molecule has 0 fully saturated rings. The topological polar surface area (TPSA) is 38.3 Å². The number of ether oxygens (including phenoxy) is 1. The monoisotopic (exact) mass is 387 g/mol. The highest BCUT2D eigenvalue weighted by molar-refractivity contribution is 6.30. The lowest BCUT2D eigenvalue weighted by Gasteiger charge is -2.20. The lowest BCUT2D eigenvalue weighted by atomic mass is 9.98. The van der Waals surface area contributed by atoms with E-state index in [9.17, 15) is 13.6 Å². The van der Waals surface area contributed by atoms with Gasteiger partial charge in [0.05, 0.1) is 6.04 Å². The van der Waals surface area contributed by atoms with Crippen molar-refractivity contribution in [1.82, 2.24) is 5.32 Å². The van der Waals surface area contributed by atoms with Crippen molar-refractivity contribution in [1.29, 1.82) is 0 Å². The molecular formula is C21H16ClF2NO2. The maximum Gasteiger partial charge on any atom is 0.387 e. The van der Waals surface area contributed by atoms with Gasteiger partial charge in [-0.15, -0.1) is 0 Å². The second-order valence-electron chi connectivity index (χ2n) is 5.78. The van der Waals surface area contributed by atoms with Gasteiger partial charge in [0.25, 0.3) is 5.91 Å². The standard InChI is InChI=1S/C21H16ClF2NO2/c22-17-8-4-7-16(13-17)20(26)25-19(14-5-2-1-3-6-14)15-9-11-18(12-10-15)27-21(23)24/h1-13,19,21H,(H,25,26). The smallest absolute Gasteiger partial charge is 0.387 e. The van der Waals surface area contributed by atoms with Crippen LogP contribution in [0.15, 0.2) is 78.9 Å². The molecule has 3 rings (SSSR count). The molecule has 0 saturated heterocycles. The summed E-state index contributed by atoms with van der Waals surface area (Å²) < 4.78 is 29.1. The summed E-state index contributed by atoms with van der Waals surface area (Å²) in [6.07, 6.45) is 0. The van der Waals surface area contributed by atoms with Crippen LogP contribution >= 0.6 is 11.6 Å². The van der Waals surface area contributed by atoms with Gasteiger partial charge < -0.3 is 10.1 Å². The van der Waals surface area contributed by atoms with E-state index in [1.54, 1.807) is 36.4 Å². The summed E-state index contributed by atoms with van der Waals surface area (Å²) in [5, 5.41) is 3.43. The largest absolute Gasteiger partial charge is 0.435 e. The van der Waals surface area contributed by atoms with E-state index in [-0.39, 0.29) is 11.7 Å². The Morgan fingerprint density at radius 1 is 0.889 bits per heavy atom. The van der Waals surface area contributed by atoms with Gasteiger partial charge in [-0.05, 0) is 41.5 Å². The number of halogens is 3. The van der Waals surface area contributed by atoms with Crippen molar-refractivity contribution in [3.8, 4) is 5.75 Å². The number of hydrogen-bond donors (Lipinski definition) is 1. The van der Waals surface area contributed by atoms with Crippen molar-refractivity contribution in [2.24, 2.45) is 0 Å². The molecule has 0 heterocycles. The molecule has 0 bridgehead atoms. The summed E-state index contributed by atoms with van der Waals surface area (Å²) in [5.74, 6) is -0.235. The Kier molecular flexibility index (Phi) is 6.04. The summed E-state index contributed by atoms with van der Waals surface area (Å²) in [4.78, 5) is 12.7. The van der Waals surface area contributed by atoms with Crippen molar-refractivity contribution >= 4 is 17.5 Å². The number of carbonyl (C=O) groups is 1. The molecule has 0 aromatic heterocycles. The summed E-state index contributed by atoms with van der Waals surface area (Å²) in [5.41, 5.74) is 2.02. The molecule has 0 saturated carbocycles. The predicted molar refractivity (Wildman–Crippen MR) is 100 cm³/mol. The fraction of sp³-hybridized carbons (Fsp3) is 0.0952. The summed E-state index contributed by atoms with van der Waals surface area (Å²) >= 11 is 5.96. The lowest BCUT2D eigenvalue weighted by Crippen LogP contribution is -2.29. The average Bonchev–Trinajstić information content (AvgIpc) is 2.67. The zero-order valence-electron chi connectivity index (χ0n) is 14.1. The van der Waals surface area contributed by atoms with Gasteiger partial charge in [0.2, 0.25) is 0 Å². The molecule has 138 valence electrons. The van der Waals surface area contributed by atoms with Crippen LogP contribution in [0.4, 0.5) is 8.78 Å². The first-order valence-electron chi connectivity index (χ1n) is 8.19. The molecular weight excluding hydrogens is 372 g/mol. The van der Waals surface area contributed by atoms with Crippen LogP contribution in [0.5, 0.6) is 5.75 Å². The first kappa shape index (κ1) is 18.9. The van der Waals surface area contributed by atoms with E-state index < -0.39 is 12.7 Å². The van der Waals surface area contributed by atoms with Crippen LogP contribution in [0.25, 0.3) is 0 Å². The van der Waals surface area contributed by atoms with Crippen molar-refractivity contribution in [2.75, 3.05) is 0 Å². The Labute approximate surface area is 160 Å². The molecule has 0 radical (unpaired) electrons. The van der Waals surface area contributed by atoms with E-state index in [4.69, 9.17) is 11.6 Å². The van der Waals surface area contributed by atoms with Crippen LogP contribution in [-0.2, 0) is 0 Å². The van der Waals surface area contributed by atoms with Crippen molar-refractivity contribution in [2.45, 2.75) is 12.7 Å². The van der Waals surface area contributed by atoms with Crippen LogP contribution in [0.2, 0.25) is 5.02 Å². The second-order valence-corrected chi connectivity index (χ2v) is 6.21. The molecule has 1 amide bonds. The third kappa shape index (κ3) is 5.05. The highest BCUT2D eigenvalue weighted by Gasteiger charge is 2.18. The van der Waals surface area contributed by atoms with Crippen LogP contribution < -0.4 is 10.1 Å². The first-order valence-corrected chi connectivity index (χ1v) is 8.57. The fourth-order valence-electron chi connectivity index (χ4n) is 2.69. The highest BCUT2D eigenvalue weighted by atomic mass is 35.5. The number of alkyl halides is 2. The van der Waals surface area contributed by atoms with E-state index in [1.807, 2.05) is 30.3 Å². The van der Waals surface area contributed by atoms with E-state index >= 15 is 0 Å². The van der Waals surface area contributed by atoms with Crippen molar-refractivity contribution in [3.63, 3.8) is 0 Å². The summed E-state index contributed by atoms with van der Waals surface area (Å²) in [7, 11) is 0. The molecule has 3 aromatic rings. The Balaban J connectivity index is 1.89. The molecule has 0 aliphatic rings. The fourth-order valence-corrected chi connectivity index (χ4v) is 2.88. The molecule has 6 heteroatoms. The van der Waals surface area contributed by atoms with E-state index in [0.29, 0.717) is 10.6 Å². The number of carbonyl (C=O) groups excluding carboxylic acids is 1. The molecule has 0 aliphatic carbocycles. The van der Waals surface area contributed by atoms with Gasteiger partial charge in [0, 0.05) is 10.6 Å². The van der Waals surface area contributed by atoms with E-state index in [1.165, 1.54) is 12.1 Å². The molecule has 1 N–H and O–H groups in total. The minimum absolute atomic E-state index is 0.0572. The Morgan fingerprint density at radius 3 is 2.19 bits per heavy atom. The zero-order valence-corrected chi connectivity index (χ0v) is 14.9. The molecule has 3 aromatic carbocycles. The molecule has 27 heavy (non-hydrogen) atoms. The van der Waals surface area contributed by atoms with Gasteiger partial charge in [-0.1, -0.05) is 60.1 Å². The van der Waals surface area contributed by atoms with Gasteiger partial charge in [-0.25, -0.2) is 0 Å². The predicted octanol–water partition coefficient (Wildman–Crippen LogP) is 5.46. The van der Waals surface area contributed by atoms with Gasteiger partial charge in [-0.2, -0.15) is 8.78 Å². The Morgan fingerprint density at radius 2 is 1.56 bits per heavy atom. The van der Waals surface area contributed by atoms with E-state index in [0.717, 1.165) is 11.1 Å². The van der Waals surface area contributed by atoms with Gasteiger partial charge in [-0.3, -0.25) is 4.79 Å². The Hall–Kier alpha value is -2.92. The first-order chi connectivity index (χ1) is 13.0. The Bertz CT molecular complexity index is 902. The number of nitrogens with one attached hydrogen (secondary N) is 1. The van der Waals surface area contributed by atoms with E-state index in [2.05, 4.69) is 10.1 Å². The van der Waals surface area contributed by atoms with Crippen LogP contribution in [-0.4, -0.2) is 12.5 Å². The van der Waals surface area contributed by atoms with Crippen LogP contribution in [0, 0.1) is 0 Å². The normalized spacial score (nSPS) is 11.9. The molecule has 0 aliphatic heterocycles. The SMILES string of the molecule is O=C(NC(c1ccccc1)c1ccc(OC(F)F)cc1)c1cccc(Cl)c1. The minimum Gasteiger partial charge on any atom is -0.435 e. The molecule has 1 unspecified atom stereocenters. The number of amides is 1. The van der Waals surface area contributed by atoms with Gasteiger partial charge >= 0.3 is 6.61 Å². The lowest BCUT2D eigenvalue weighted by molar-refractivity contribution is -0.0498. The van der Waals surface area contributed by atoms with Crippen LogP contribution in [0.1, 0.15) is 27.5 Å². The van der Waals surface area contributed by atoms with Gasteiger partial charge in [0.1, 0.15) is 5.75 Å². The molecule has 1 atom stereocenters. The third-order valence-corrected chi connectivity index (χ3v) is 4.17. The third-order valence-electron chi connectivity index (χ3n) is 3.93. The molecule has 3 nitrogen and oxygen atoms in total. The quantitative estimate of drug-likeness (QED) is 0.609. The van der Waals surface area contributed by atoms with Crippen LogP contribution in [0.3, 0.4) is 0 Å².